The normalized spacial score (nSPS) is 12.8. The van der Waals surface area contributed by atoms with E-state index in [9.17, 15) is 4.79 Å². The Morgan fingerprint density at radius 2 is 1.88 bits per heavy atom. The molecule has 1 unspecified atom stereocenters. The average Bonchev–Trinajstić information content (AvgIpc) is 3.25. The first-order chi connectivity index (χ1) is 12.5. The fourth-order valence-corrected chi connectivity index (χ4v) is 3.26. The first-order valence-electron chi connectivity index (χ1n) is 8.75. The fourth-order valence-electron chi connectivity index (χ4n) is 3.26. The van der Waals surface area contributed by atoms with E-state index in [0.717, 1.165) is 16.6 Å². The van der Waals surface area contributed by atoms with Crippen molar-refractivity contribution in [2.24, 2.45) is 0 Å². The van der Waals surface area contributed by atoms with Crippen molar-refractivity contribution in [3.05, 3.63) is 66.2 Å². The van der Waals surface area contributed by atoms with Gasteiger partial charge in [-0.3, -0.25) is 9.20 Å². The smallest absolute Gasteiger partial charge is 0.251 e. The van der Waals surface area contributed by atoms with Crippen LogP contribution in [0.2, 0.25) is 0 Å². The molecular formula is C20H21N5O. The van der Waals surface area contributed by atoms with Crippen LogP contribution < -0.4 is 5.32 Å². The Bertz CT molecular complexity index is 1090. The molecule has 3 aromatic heterocycles. The Hall–Kier alpha value is -3.15. The minimum absolute atomic E-state index is 0.121. The topological polar surface area (TPSA) is 64.2 Å². The Morgan fingerprint density at radius 3 is 2.69 bits per heavy atom. The fraction of sp³-hybridized carbons (Fsp3) is 0.250. The van der Waals surface area contributed by atoms with Gasteiger partial charge in [0.2, 0.25) is 0 Å². The van der Waals surface area contributed by atoms with Crippen molar-refractivity contribution in [2.75, 3.05) is 0 Å². The molecule has 6 heteroatoms. The van der Waals surface area contributed by atoms with Crippen LogP contribution in [0.4, 0.5) is 0 Å². The third-order valence-electron chi connectivity index (χ3n) is 4.61. The third kappa shape index (κ3) is 2.73. The number of nitrogens with one attached hydrogen (secondary N) is 1. The minimum Gasteiger partial charge on any atom is -0.345 e. The van der Waals surface area contributed by atoms with Gasteiger partial charge in [-0.2, -0.15) is 0 Å². The van der Waals surface area contributed by atoms with Crippen LogP contribution in [0.25, 0.3) is 16.6 Å². The second kappa shape index (κ2) is 6.29. The van der Waals surface area contributed by atoms with Crippen molar-refractivity contribution in [3.63, 3.8) is 0 Å². The van der Waals surface area contributed by atoms with Crippen LogP contribution in [0.3, 0.4) is 0 Å². The van der Waals surface area contributed by atoms with Crippen molar-refractivity contribution in [3.8, 4) is 0 Å². The average molecular weight is 347 g/mol. The molecule has 0 bridgehead atoms. The molecule has 1 aromatic carbocycles. The van der Waals surface area contributed by atoms with Crippen LogP contribution in [-0.4, -0.2) is 25.1 Å². The largest absolute Gasteiger partial charge is 0.345 e. The predicted molar refractivity (Wildman–Crippen MR) is 101 cm³/mol. The molecule has 0 saturated heterocycles. The van der Waals surface area contributed by atoms with Crippen LogP contribution in [-0.2, 0) is 0 Å². The van der Waals surface area contributed by atoms with Gasteiger partial charge in [0.15, 0.2) is 11.5 Å². The number of pyridine rings is 1. The maximum atomic E-state index is 12.7. The van der Waals surface area contributed by atoms with E-state index in [2.05, 4.69) is 40.1 Å². The molecule has 1 atom stereocenters. The van der Waals surface area contributed by atoms with Gasteiger partial charge in [-0.25, -0.2) is 0 Å². The molecule has 1 amide bonds. The maximum absolute atomic E-state index is 12.7. The zero-order valence-corrected chi connectivity index (χ0v) is 15.0. The molecule has 0 aliphatic heterocycles. The van der Waals surface area contributed by atoms with Crippen molar-refractivity contribution in [1.82, 2.24) is 24.5 Å². The summed E-state index contributed by atoms with van der Waals surface area (Å²) in [6.07, 6.45) is 3.95. The minimum atomic E-state index is -0.254. The van der Waals surface area contributed by atoms with Crippen molar-refractivity contribution in [1.29, 1.82) is 0 Å². The van der Waals surface area contributed by atoms with E-state index in [1.54, 1.807) is 0 Å². The van der Waals surface area contributed by atoms with Gasteiger partial charge in [0.25, 0.3) is 5.91 Å². The van der Waals surface area contributed by atoms with Crippen LogP contribution in [0.1, 0.15) is 49.0 Å². The number of hydrogen-bond donors (Lipinski definition) is 1. The first kappa shape index (κ1) is 16.3. The lowest BCUT2D eigenvalue weighted by Gasteiger charge is -2.13. The SMILES string of the molecule is CC(NC(=O)c1ccc2c(ccn2C(C)C)c1)c1nnc2ccccn12. The van der Waals surface area contributed by atoms with Gasteiger partial charge in [0, 0.05) is 34.9 Å². The van der Waals surface area contributed by atoms with E-state index < -0.39 is 0 Å². The summed E-state index contributed by atoms with van der Waals surface area (Å²) in [5.41, 5.74) is 2.53. The van der Waals surface area contributed by atoms with Gasteiger partial charge in [-0.05, 0) is 57.2 Å². The second-order valence-corrected chi connectivity index (χ2v) is 6.77. The molecule has 0 aliphatic rings. The van der Waals surface area contributed by atoms with Gasteiger partial charge in [-0.15, -0.1) is 10.2 Å². The summed E-state index contributed by atoms with van der Waals surface area (Å²) in [7, 11) is 0. The summed E-state index contributed by atoms with van der Waals surface area (Å²) in [6, 6.07) is 13.7. The summed E-state index contributed by atoms with van der Waals surface area (Å²) < 4.78 is 4.08. The molecule has 0 spiro atoms. The lowest BCUT2D eigenvalue weighted by molar-refractivity contribution is 0.0938. The number of carbonyl (C=O) groups is 1. The third-order valence-corrected chi connectivity index (χ3v) is 4.61. The zero-order valence-electron chi connectivity index (χ0n) is 15.0. The number of benzene rings is 1. The van der Waals surface area contributed by atoms with Crippen LogP contribution in [0, 0.1) is 0 Å². The molecule has 3 heterocycles. The summed E-state index contributed by atoms with van der Waals surface area (Å²) >= 11 is 0. The van der Waals surface area contributed by atoms with E-state index in [0.29, 0.717) is 17.4 Å². The van der Waals surface area contributed by atoms with E-state index in [4.69, 9.17) is 0 Å². The van der Waals surface area contributed by atoms with Crippen LogP contribution >= 0.6 is 0 Å². The van der Waals surface area contributed by atoms with E-state index in [1.807, 2.05) is 60.0 Å². The number of rotatable bonds is 4. The Balaban J connectivity index is 1.58. The van der Waals surface area contributed by atoms with Gasteiger partial charge < -0.3 is 9.88 Å². The number of carbonyl (C=O) groups excluding carboxylic acids is 1. The molecule has 0 radical (unpaired) electrons. The molecule has 132 valence electrons. The molecule has 4 aromatic rings. The zero-order chi connectivity index (χ0) is 18.3. The molecule has 6 nitrogen and oxygen atoms in total. The molecule has 1 N–H and O–H groups in total. The van der Waals surface area contributed by atoms with E-state index in [-0.39, 0.29) is 11.9 Å². The Labute approximate surface area is 151 Å². The highest BCUT2D eigenvalue weighted by Gasteiger charge is 2.17. The highest BCUT2D eigenvalue weighted by atomic mass is 16.1. The number of hydrogen-bond acceptors (Lipinski definition) is 3. The monoisotopic (exact) mass is 347 g/mol. The Morgan fingerprint density at radius 1 is 1.04 bits per heavy atom. The number of aromatic nitrogens is 4. The highest BCUT2D eigenvalue weighted by Crippen LogP contribution is 2.22. The van der Waals surface area contributed by atoms with Crippen molar-refractivity contribution in [2.45, 2.75) is 32.9 Å². The molecule has 4 rings (SSSR count). The first-order valence-corrected chi connectivity index (χ1v) is 8.75. The summed E-state index contributed by atoms with van der Waals surface area (Å²) in [5, 5.41) is 12.4. The van der Waals surface area contributed by atoms with E-state index >= 15 is 0 Å². The second-order valence-electron chi connectivity index (χ2n) is 6.77. The van der Waals surface area contributed by atoms with Gasteiger partial charge >= 0.3 is 0 Å². The summed E-state index contributed by atoms with van der Waals surface area (Å²) in [4.78, 5) is 12.7. The Kier molecular flexibility index (Phi) is 3.95. The maximum Gasteiger partial charge on any atom is 0.251 e. The van der Waals surface area contributed by atoms with Crippen LogP contribution in [0.5, 0.6) is 0 Å². The van der Waals surface area contributed by atoms with Gasteiger partial charge in [0.05, 0.1) is 6.04 Å². The summed E-state index contributed by atoms with van der Waals surface area (Å²) in [5.74, 6) is 0.588. The van der Waals surface area contributed by atoms with Gasteiger partial charge in [-0.1, -0.05) is 6.07 Å². The van der Waals surface area contributed by atoms with E-state index in [1.165, 1.54) is 0 Å². The summed E-state index contributed by atoms with van der Waals surface area (Å²) in [6.45, 7) is 6.20. The van der Waals surface area contributed by atoms with Crippen LogP contribution in [0.15, 0.2) is 54.9 Å². The molecule has 0 aliphatic carbocycles. The number of amides is 1. The molecule has 0 saturated carbocycles. The highest BCUT2D eigenvalue weighted by molar-refractivity contribution is 5.98. The lowest BCUT2D eigenvalue weighted by atomic mass is 10.1. The number of fused-ring (bicyclic) bond motifs is 2. The number of nitrogens with zero attached hydrogens (tertiary/aromatic N) is 4. The molecular weight excluding hydrogens is 326 g/mol. The lowest BCUT2D eigenvalue weighted by Crippen LogP contribution is -2.28. The predicted octanol–water partition coefficient (Wildman–Crippen LogP) is 3.76. The van der Waals surface area contributed by atoms with Crippen molar-refractivity contribution >= 4 is 22.5 Å². The molecule has 26 heavy (non-hydrogen) atoms. The quantitative estimate of drug-likeness (QED) is 0.611. The van der Waals surface area contributed by atoms with Crippen molar-refractivity contribution < 1.29 is 4.79 Å². The molecule has 0 fully saturated rings. The standard InChI is InChI=1S/C20H21N5O/c1-13(2)24-11-9-15-12-16(7-8-17(15)24)20(26)21-14(3)19-23-22-18-6-4-5-10-25(18)19/h4-14H,1-3H3,(H,21,26). The van der Waals surface area contributed by atoms with Gasteiger partial charge in [0.1, 0.15) is 0 Å².